The summed E-state index contributed by atoms with van der Waals surface area (Å²) in [5.74, 6) is 1.15. The van der Waals surface area contributed by atoms with Crippen molar-refractivity contribution < 1.29 is 4.79 Å². The number of hydrogen-bond donors (Lipinski definition) is 2. The van der Waals surface area contributed by atoms with Crippen LogP contribution in [-0.4, -0.2) is 25.5 Å². The van der Waals surface area contributed by atoms with Crippen LogP contribution in [0.25, 0.3) is 0 Å². The monoisotopic (exact) mass is 212 g/mol. The highest BCUT2D eigenvalue weighted by Gasteiger charge is 2.26. The Balaban J connectivity index is 2.25. The molecule has 1 aliphatic carbocycles. The fourth-order valence-corrected chi connectivity index (χ4v) is 1.83. The van der Waals surface area contributed by atoms with Crippen molar-refractivity contribution >= 4 is 5.91 Å². The van der Waals surface area contributed by atoms with E-state index in [0.717, 1.165) is 18.9 Å². The molecule has 0 bridgehead atoms. The van der Waals surface area contributed by atoms with Crippen molar-refractivity contribution in [3.8, 4) is 0 Å². The van der Waals surface area contributed by atoms with Crippen LogP contribution in [0.5, 0.6) is 0 Å². The zero-order valence-corrected chi connectivity index (χ0v) is 10.2. The van der Waals surface area contributed by atoms with Crippen molar-refractivity contribution in [3.63, 3.8) is 0 Å². The van der Waals surface area contributed by atoms with Gasteiger partial charge < -0.3 is 10.6 Å². The lowest BCUT2D eigenvalue weighted by Crippen LogP contribution is -2.40. The Kier molecular flexibility index (Phi) is 5.09. The highest BCUT2D eigenvalue weighted by atomic mass is 16.1. The van der Waals surface area contributed by atoms with E-state index >= 15 is 0 Å². The van der Waals surface area contributed by atoms with E-state index in [1.54, 1.807) is 0 Å². The first-order valence-corrected chi connectivity index (χ1v) is 6.12. The molecule has 1 saturated carbocycles. The van der Waals surface area contributed by atoms with Gasteiger partial charge in [0.05, 0.1) is 0 Å². The highest BCUT2D eigenvalue weighted by molar-refractivity contribution is 5.78. The van der Waals surface area contributed by atoms with Gasteiger partial charge in [-0.05, 0) is 25.8 Å². The predicted molar refractivity (Wildman–Crippen MR) is 62.7 cm³/mol. The SMILES string of the molecule is CCC(CC1CC1)NC(=O)C(C)CNC. The first-order chi connectivity index (χ1) is 7.17. The van der Waals surface area contributed by atoms with Gasteiger partial charge in [-0.3, -0.25) is 4.79 Å². The van der Waals surface area contributed by atoms with Gasteiger partial charge in [-0.25, -0.2) is 0 Å². The molecule has 2 unspecified atom stereocenters. The van der Waals surface area contributed by atoms with Crippen molar-refractivity contribution in [2.75, 3.05) is 13.6 Å². The Labute approximate surface area is 93.0 Å². The summed E-state index contributed by atoms with van der Waals surface area (Å²) in [6, 6.07) is 0.393. The number of amides is 1. The van der Waals surface area contributed by atoms with Crippen LogP contribution in [0.1, 0.15) is 39.5 Å². The molecular formula is C12H24N2O. The first-order valence-electron chi connectivity index (χ1n) is 6.12. The number of carbonyl (C=O) groups excluding carboxylic acids is 1. The minimum atomic E-state index is 0.0725. The van der Waals surface area contributed by atoms with Crippen molar-refractivity contribution in [3.05, 3.63) is 0 Å². The molecule has 1 rings (SSSR count). The Morgan fingerprint density at radius 2 is 2.13 bits per heavy atom. The average Bonchev–Trinajstić information content (AvgIpc) is 3.00. The lowest BCUT2D eigenvalue weighted by molar-refractivity contribution is -0.125. The Hall–Kier alpha value is -0.570. The fraction of sp³-hybridized carbons (Fsp3) is 0.917. The van der Waals surface area contributed by atoms with Gasteiger partial charge in [0.1, 0.15) is 0 Å². The molecule has 2 N–H and O–H groups in total. The van der Waals surface area contributed by atoms with Crippen LogP contribution < -0.4 is 10.6 Å². The topological polar surface area (TPSA) is 41.1 Å². The lowest BCUT2D eigenvalue weighted by Gasteiger charge is -2.19. The van der Waals surface area contributed by atoms with Gasteiger partial charge in [0.2, 0.25) is 5.91 Å². The lowest BCUT2D eigenvalue weighted by atomic mass is 10.1. The summed E-state index contributed by atoms with van der Waals surface area (Å²) >= 11 is 0. The van der Waals surface area contributed by atoms with Crippen molar-refractivity contribution in [2.45, 2.75) is 45.6 Å². The highest BCUT2D eigenvalue weighted by Crippen LogP contribution is 2.34. The second-order valence-electron chi connectivity index (χ2n) is 4.75. The molecule has 0 aromatic heterocycles. The van der Waals surface area contributed by atoms with Gasteiger partial charge in [-0.2, -0.15) is 0 Å². The normalized spacial score (nSPS) is 19.7. The third-order valence-electron chi connectivity index (χ3n) is 3.11. The standard InChI is InChI=1S/C12H24N2O/c1-4-11(7-10-5-6-10)14-12(15)9(2)8-13-3/h9-11,13H,4-8H2,1-3H3,(H,14,15). The van der Waals surface area contributed by atoms with Gasteiger partial charge in [-0.15, -0.1) is 0 Å². The smallest absolute Gasteiger partial charge is 0.224 e. The molecule has 0 radical (unpaired) electrons. The molecule has 15 heavy (non-hydrogen) atoms. The largest absolute Gasteiger partial charge is 0.353 e. The predicted octanol–water partition coefficient (Wildman–Crippen LogP) is 1.54. The van der Waals surface area contributed by atoms with Gasteiger partial charge in [-0.1, -0.05) is 26.7 Å². The summed E-state index contributed by atoms with van der Waals surface area (Å²) in [6.45, 7) is 4.87. The summed E-state index contributed by atoms with van der Waals surface area (Å²) < 4.78 is 0. The van der Waals surface area contributed by atoms with Gasteiger partial charge in [0, 0.05) is 18.5 Å². The van der Waals surface area contributed by atoms with Crippen LogP contribution in [0.2, 0.25) is 0 Å². The van der Waals surface area contributed by atoms with Gasteiger partial charge in [0.25, 0.3) is 0 Å². The average molecular weight is 212 g/mol. The quantitative estimate of drug-likeness (QED) is 0.672. The van der Waals surface area contributed by atoms with Gasteiger partial charge in [0.15, 0.2) is 0 Å². The van der Waals surface area contributed by atoms with Crippen LogP contribution in [0.15, 0.2) is 0 Å². The minimum absolute atomic E-state index is 0.0725. The van der Waals surface area contributed by atoms with E-state index in [1.165, 1.54) is 19.3 Å². The van der Waals surface area contributed by atoms with E-state index in [4.69, 9.17) is 0 Å². The molecule has 3 heteroatoms. The number of carbonyl (C=O) groups is 1. The molecule has 0 aromatic carbocycles. The number of rotatable bonds is 7. The van der Waals surface area contributed by atoms with Crippen molar-refractivity contribution in [1.29, 1.82) is 0 Å². The third kappa shape index (κ3) is 4.65. The third-order valence-corrected chi connectivity index (χ3v) is 3.11. The van der Waals surface area contributed by atoms with Crippen LogP contribution in [0.3, 0.4) is 0 Å². The number of hydrogen-bond acceptors (Lipinski definition) is 2. The Morgan fingerprint density at radius 1 is 1.47 bits per heavy atom. The summed E-state index contributed by atoms with van der Waals surface area (Å²) in [5.41, 5.74) is 0. The molecular weight excluding hydrogens is 188 g/mol. The molecule has 1 aliphatic rings. The van der Waals surface area contributed by atoms with Crippen LogP contribution in [0, 0.1) is 11.8 Å². The zero-order chi connectivity index (χ0) is 11.3. The minimum Gasteiger partial charge on any atom is -0.353 e. The van der Waals surface area contributed by atoms with E-state index in [-0.39, 0.29) is 11.8 Å². The van der Waals surface area contributed by atoms with Crippen LogP contribution in [-0.2, 0) is 4.79 Å². The van der Waals surface area contributed by atoms with E-state index in [1.807, 2.05) is 14.0 Å². The Bertz CT molecular complexity index is 202. The Morgan fingerprint density at radius 3 is 2.60 bits per heavy atom. The maximum atomic E-state index is 11.8. The van der Waals surface area contributed by atoms with E-state index in [2.05, 4.69) is 17.6 Å². The zero-order valence-electron chi connectivity index (χ0n) is 10.2. The summed E-state index contributed by atoms with van der Waals surface area (Å²) in [5, 5.41) is 6.18. The first kappa shape index (κ1) is 12.5. The molecule has 2 atom stereocenters. The van der Waals surface area contributed by atoms with Crippen molar-refractivity contribution in [1.82, 2.24) is 10.6 Å². The van der Waals surface area contributed by atoms with Gasteiger partial charge >= 0.3 is 0 Å². The molecule has 0 saturated heterocycles. The molecule has 1 amide bonds. The molecule has 1 fully saturated rings. The van der Waals surface area contributed by atoms with Crippen molar-refractivity contribution in [2.24, 2.45) is 11.8 Å². The summed E-state index contributed by atoms with van der Waals surface area (Å²) in [7, 11) is 1.88. The molecule has 0 aliphatic heterocycles. The molecule has 88 valence electrons. The summed E-state index contributed by atoms with van der Waals surface area (Å²) in [4.78, 5) is 11.8. The molecule has 3 nitrogen and oxygen atoms in total. The van der Waals surface area contributed by atoms with Crippen LogP contribution >= 0.6 is 0 Å². The molecule has 0 heterocycles. The maximum Gasteiger partial charge on any atom is 0.224 e. The number of nitrogens with one attached hydrogen (secondary N) is 2. The van der Waals surface area contributed by atoms with E-state index in [0.29, 0.717) is 6.04 Å². The van der Waals surface area contributed by atoms with Crippen LogP contribution in [0.4, 0.5) is 0 Å². The van der Waals surface area contributed by atoms with E-state index in [9.17, 15) is 4.79 Å². The maximum absolute atomic E-state index is 11.8. The molecule has 0 aromatic rings. The second kappa shape index (κ2) is 6.11. The second-order valence-corrected chi connectivity index (χ2v) is 4.75. The van der Waals surface area contributed by atoms with E-state index < -0.39 is 0 Å². The molecule has 0 spiro atoms. The fourth-order valence-electron chi connectivity index (χ4n) is 1.83. The summed E-state index contributed by atoms with van der Waals surface area (Å²) in [6.07, 6.45) is 4.94.